The Morgan fingerprint density at radius 3 is 2.71 bits per heavy atom. The van der Waals surface area contributed by atoms with Crippen molar-refractivity contribution in [3.05, 3.63) is 29.3 Å². The summed E-state index contributed by atoms with van der Waals surface area (Å²) in [5, 5.41) is 0. The standard InChI is InChI=1S/C12H19NO/c1-4-11-7-5-6-9(2)12(11)14-8-10(3)13/h5-7,10H,4,8,13H2,1-3H3. The van der Waals surface area contributed by atoms with Gasteiger partial charge in [-0.15, -0.1) is 0 Å². The van der Waals surface area contributed by atoms with Gasteiger partial charge in [-0.1, -0.05) is 25.1 Å². The molecule has 0 saturated carbocycles. The van der Waals surface area contributed by atoms with Gasteiger partial charge in [0.25, 0.3) is 0 Å². The highest BCUT2D eigenvalue weighted by Crippen LogP contribution is 2.23. The summed E-state index contributed by atoms with van der Waals surface area (Å²) in [7, 11) is 0. The molecular formula is C12H19NO. The van der Waals surface area contributed by atoms with Crippen molar-refractivity contribution in [2.24, 2.45) is 5.73 Å². The quantitative estimate of drug-likeness (QED) is 0.796. The summed E-state index contributed by atoms with van der Waals surface area (Å²) in [6.07, 6.45) is 0.996. The van der Waals surface area contributed by atoms with E-state index < -0.39 is 0 Å². The topological polar surface area (TPSA) is 35.2 Å². The summed E-state index contributed by atoms with van der Waals surface area (Å²) in [5.41, 5.74) is 8.10. The van der Waals surface area contributed by atoms with Crippen molar-refractivity contribution in [3.8, 4) is 5.75 Å². The smallest absolute Gasteiger partial charge is 0.125 e. The van der Waals surface area contributed by atoms with Gasteiger partial charge in [0.1, 0.15) is 12.4 Å². The van der Waals surface area contributed by atoms with Crippen LogP contribution in [0.1, 0.15) is 25.0 Å². The fourth-order valence-corrected chi connectivity index (χ4v) is 1.41. The van der Waals surface area contributed by atoms with E-state index in [9.17, 15) is 0 Å². The fraction of sp³-hybridized carbons (Fsp3) is 0.500. The van der Waals surface area contributed by atoms with Crippen molar-refractivity contribution >= 4 is 0 Å². The van der Waals surface area contributed by atoms with E-state index in [1.165, 1.54) is 11.1 Å². The third-order valence-corrected chi connectivity index (χ3v) is 2.16. The van der Waals surface area contributed by atoms with Gasteiger partial charge in [0.2, 0.25) is 0 Å². The molecule has 0 aliphatic carbocycles. The van der Waals surface area contributed by atoms with Crippen LogP contribution in [0.15, 0.2) is 18.2 Å². The lowest BCUT2D eigenvalue weighted by atomic mass is 10.1. The highest BCUT2D eigenvalue weighted by Gasteiger charge is 2.05. The third kappa shape index (κ3) is 2.74. The van der Waals surface area contributed by atoms with Crippen molar-refractivity contribution < 1.29 is 4.74 Å². The number of nitrogens with two attached hydrogens (primary N) is 1. The summed E-state index contributed by atoms with van der Waals surface area (Å²) in [5.74, 6) is 1.01. The molecule has 1 aromatic rings. The Kier molecular flexibility index (Phi) is 3.96. The van der Waals surface area contributed by atoms with Crippen LogP contribution in [0.4, 0.5) is 0 Å². The maximum atomic E-state index is 5.70. The molecule has 78 valence electrons. The Morgan fingerprint density at radius 1 is 1.43 bits per heavy atom. The van der Waals surface area contributed by atoms with Gasteiger partial charge in [0.05, 0.1) is 0 Å². The van der Waals surface area contributed by atoms with Crippen LogP contribution < -0.4 is 10.5 Å². The van der Waals surface area contributed by atoms with Gasteiger partial charge in [-0.25, -0.2) is 0 Å². The maximum absolute atomic E-state index is 5.70. The third-order valence-electron chi connectivity index (χ3n) is 2.16. The maximum Gasteiger partial charge on any atom is 0.125 e. The largest absolute Gasteiger partial charge is 0.491 e. The highest BCUT2D eigenvalue weighted by atomic mass is 16.5. The van der Waals surface area contributed by atoms with Crippen molar-refractivity contribution in [3.63, 3.8) is 0 Å². The zero-order valence-electron chi connectivity index (χ0n) is 9.21. The predicted octanol–water partition coefficient (Wildman–Crippen LogP) is 2.28. The first kappa shape index (κ1) is 11.1. The van der Waals surface area contributed by atoms with Crippen molar-refractivity contribution in [2.75, 3.05) is 6.61 Å². The van der Waals surface area contributed by atoms with Crippen LogP contribution in [0.2, 0.25) is 0 Å². The number of hydrogen-bond donors (Lipinski definition) is 1. The summed E-state index contributed by atoms with van der Waals surface area (Å²) in [4.78, 5) is 0. The number of aryl methyl sites for hydroxylation is 2. The summed E-state index contributed by atoms with van der Waals surface area (Å²) < 4.78 is 5.70. The van der Waals surface area contributed by atoms with Crippen LogP contribution in [-0.2, 0) is 6.42 Å². The van der Waals surface area contributed by atoms with Gasteiger partial charge >= 0.3 is 0 Å². The lowest BCUT2D eigenvalue weighted by Gasteiger charge is -2.14. The van der Waals surface area contributed by atoms with Crippen LogP contribution >= 0.6 is 0 Å². The first-order valence-corrected chi connectivity index (χ1v) is 5.12. The van der Waals surface area contributed by atoms with E-state index in [4.69, 9.17) is 10.5 Å². The number of hydrogen-bond acceptors (Lipinski definition) is 2. The normalized spacial score (nSPS) is 12.6. The molecule has 2 N–H and O–H groups in total. The van der Waals surface area contributed by atoms with E-state index in [-0.39, 0.29) is 6.04 Å². The molecule has 1 atom stereocenters. The fourth-order valence-electron chi connectivity index (χ4n) is 1.41. The SMILES string of the molecule is CCc1cccc(C)c1OCC(C)N. The number of rotatable bonds is 4. The highest BCUT2D eigenvalue weighted by molar-refractivity contribution is 5.40. The van der Waals surface area contributed by atoms with E-state index in [2.05, 4.69) is 32.0 Å². The zero-order chi connectivity index (χ0) is 10.6. The van der Waals surface area contributed by atoms with Crippen molar-refractivity contribution in [1.82, 2.24) is 0 Å². The molecule has 2 heteroatoms. The summed E-state index contributed by atoms with van der Waals surface area (Å²) in [6.45, 7) is 6.73. The van der Waals surface area contributed by atoms with Crippen LogP contribution in [0.3, 0.4) is 0 Å². The van der Waals surface area contributed by atoms with Gasteiger partial charge in [0.15, 0.2) is 0 Å². The molecule has 1 aromatic carbocycles. The molecule has 0 aromatic heterocycles. The van der Waals surface area contributed by atoms with Gasteiger partial charge in [0, 0.05) is 6.04 Å². The molecule has 0 fully saturated rings. The first-order chi connectivity index (χ1) is 6.65. The molecule has 0 amide bonds. The average Bonchev–Trinajstić information content (AvgIpc) is 2.15. The lowest BCUT2D eigenvalue weighted by Crippen LogP contribution is -2.24. The molecule has 1 rings (SSSR count). The number of para-hydroxylation sites is 1. The van der Waals surface area contributed by atoms with Gasteiger partial charge in [-0.05, 0) is 31.4 Å². The Bertz CT molecular complexity index is 294. The summed E-state index contributed by atoms with van der Waals surface area (Å²) >= 11 is 0. The minimum Gasteiger partial charge on any atom is -0.491 e. The Labute approximate surface area is 86.1 Å². The molecule has 0 aliphatic heterocycles. The minimum atomic E-state index is 0.0827. The van der Waals surface area contributed by atoms with Gasteiger partial charge in [-0.2, -0.15) is 0 Å². The second-order valence-corrected chi connectivity index (χ2v) is 3.71. The van der Waals surface area contributed by atoms with Crippen LogP contribution in [0.5, 0.6) is 5.75 Å². The zero-order valence-corrected chi connectivity index (χ0v) is 9.21. The van der Waals surface area contributed by atoms with Gasteiger partial charge < -0.3 is 10.5 Å². The van der Waals surface area contributed by atoms with Crippen LogP contribution in [-0.4, -0.2) is 12.6 Å². The lowest BCUT2D eigenvalue weighted by molar-refractivity contribution is 0.292. The summed E-state index contributed by atoms with van der Waals surface area (Å²) in [6, 6.07) is 6.31. The molecule has 0 aliphatic rings. The van der Waals surface area contributed by atoms with Crippen molar-refractivity contribution in [1.29, 1.82) is 0 Å². The van der Waals surface area contributed by atoms with Crippen LogP contribution in [0.25, 0.3) is 0 Å². The van der Waals surface area contributed by atoms with Crippen molar-refractivity contribution in [2.45, 2.75) is 33.2 Å². The van der Waals surface area contributed by atoms with E-state index in [0.717, 1.165) is 12.2 Å². The molecule has 0 radical (unpaired) electrons. The van der Waals surface area contributed by atoms with E-state index in [1.807, 2.05) is 6.92 Å². The first-order valence-electron chi connectivity index (χ1n) is 5.12. The Hall–Kier alpha value is -1.02. The van der Waals surface area contributed by atoms with Gasteiger partial charge in [-0.3, -0.25) is 0 Å². The number of ether oxygens (including phenoxy) is 1. The molecular weight excluding hydrogens is 174 g/mol. The molecule has 14 heavy (non-hydrogen) atoms. The molecule has 0 spiro atoms. The molecule has 1 unspecified atom stereocenters. The van der Waals surface area contributed by atoms with Crippen LogP contribution in [0, 0.1) is 6.92 Å². The Morgan fingerprint density at radius 2 is 2.14 bits per heavy atom. The average molecular weight is 193 g/mol. The second kappa shape index (κ2) is 5.01. The molecule has 0 bridgehead atoms. The second-order valence-electron chi connectivity index (χ2n) is 3.71. The minimum absolute atomic E-state index is 0.0827. The molecule has 2 nitrogen and oxygen atoms in total. The Balaban J connectivity index is 2.82. The number of benzene rings is 1. The predicted molar refractivity (Wildman–Crippen MR) is 59.7 cm³/mol. The molecule has 0 heterocycles. The monoisotopic (exact) mass is 193 g/mol. The van der Waals surface area contributed by atoms with E-state index in [0.29, 0.717) is 6.61 Å². The van der Waals surface area contributed by atoms with E-state index in [1.54, 1.807) is 0 Å². The molecule has 0 saturated heterocycles. The van der Waals surface area contributed by atoms with E-state index >= 15 is 0 Å².